The smallest absolute Gasteiger partial charge is 0.416 e. The topological polar surface area (TPSA) is 44.7 Å². The Hall–Kier alpha value is -1.47. The van der Waals surface area contributed by atoms with Crippen LogP contribution in [0.1, 0.15) is 18.4 Å². The van der Waals surface area contributed by atoms with Gasteiger partial charge in [-0.15, -0.1) is 0 Å². The molecule has 0 aliphatic heterocycles. The van der Waals surface area contributed by atoms with E-state index in [1.165, 1.54) is 6.07 Å². The van der Waals surface area contributed by atoms with Crippen LogP contribution in [0.15, 0.2) is 18.2 Å². The fraction of sp³-hybridized carbons (Fsp3) is 0.538. The number of benzene rings is 1. The minimum absolute atomic E-state index is 0.0903. The third-order valence-electron chi connectivity index (χ3n) is 2.68. The summed E-state index contributed by atoms with van der Waals surface area (Å²) in [6.45, 7) is 1.30. The average Bonchev–Trinajstić information content (AvgIpc) is 2.36. The summed E-state index contributed by atoms with van der Waals surface area (Å²) in [5.41, 5.74) is 0.805. The first-order chi connectivity index (χ1) is 9.34. The Labute approximate surface area is 116 Å². The largest absolute Gasteiger partial charge is 0.491 e. The second-order valence-corrected chi connectivity index (χ2v) is 4.68. The van der Waals surface area contributed by atoms with Crippen molar-refractivity contribution in [3.63, 3.8) is 0 Å². The second kappa shape index (κ2) is 7.35. The van der Waals surface area contributed by atoms with Gasteiger partial charge < -0.3 is 9.64 Å². The first-order valence-electron chi connectivity index (χ1n) is 6.23. The zero-order valence-electron chi connectivity index (χ0n) is 11.5. The molecule has 0 spiro atoms. The number of rotatable bonds is 7. The summed E-state index contributed by atoms with van der Waals surface area (Å²) in [6, 6.07) is 2.94. The van der Waals surface area contributed by atoms with E-state index in [2.05, 4.69) is 0 Å². The molecule has 0 saturated carbocycles. The molecule has 1 aromatic carbocycles. The molecule has 0 bridgehead atoms. The van der Waals surface area contributed by atoms with Gasteiger partial charge in [0.15, 0.2) is 0 Å². The predicted molar refractivity (Wildman–Crippen MR) is 70.1 cm³/mol. The third-order valence-corrected chi connectivity index (χ3v) is 2.68. The van der Waals surface area contributed by atoms with E-state index >= 15 is 0 Å². The van der Waals surface area contributed by atoms with Crippen molar-refractivity contribution in [1.82, 2.24) is 4.90 Å². The lowest BCUT2D eigenvalue weighted by Crippen LogP contribution is -2.14. The van der Waals surface area contributed by atoms with Gasteiger partial charge in [0.2, 0.25) is 0 Å². The van der Waals surface area contributed by atoms with Crippen molar-refractivity contribution in [3.05, 3.63) is 23.8 Å². The monoisotopic (exact) mass is 292 g/mol. The number of nitrogens with one attached hydrogen (secondary N) is 1. The Morgan fingerprint density at radius 3 is 2.50 bits per heavy atom. The molecule has 0 saturated heterocycles. The van der Waals surface area contributed by atoms with E-state index in [4.69, 9.17) is 9.94 Å². The summed E-state index contributed by atoms with van der Waals surface area (Å²) < 4.78 is 42.9. The van der Waals surface area contributed by atoms with Crippen LogP contribution < -0.4 is 10.2 Å². The molecule has 0 aliphatic rings. The highest BCUT2D eigenvalue weighted by molar-refractivity contribution is 5.57. The summed E-state index contributed by atoms with van der Waals surface area (Å²) in [6.07, 6.45) is -2.74. The molecule has 1 rings (SSSR count). The number of alkyl halides is 3. The molecule has 0 atom stereocenters. The minimum atomic E-state index is -4.45. The van der Waals surface area contributed by atoms with Gasteiger partial charge in [0.05, 0.1) is 12.2 Å². The number of halogens is 3. The molecule has 114 valence electrons. The minimum Gasteiger partial charge on any atom is -0.491 e. The number of ether oxygens (including phenoxy) is 1. The van der Waals surface area contributed by atoms with Crippen LogP contribution in [0.3, 0.4) is 0 Å². The van der Waals surface area contributed by atoms with Gasteiger partial charge in [-0.3, -0.25) is 10.7 Å². The lowest BCUT2D eigenvalue weighted by Gasteiger charge is -2.14. The molecule has 0 amide bonds. The Morgan fingerprint density at radius 2 is 1.95 bits per heavy atom. The lowest BCUT2D eigenvalue weighted by atomic mass is 10.2. The summed E-state index contributed by atoms with van der Waals surface area (Å²) in [5.74, 6) is 0.199. The SMILES string of the molecule is CN(C)CCCCOc1ccc(C(F)(F)F)cc1NO. The fourth-order valence-corrected chi connectivity index (χ4v) is 1.63. The maximum absolute atomic E-state index is 12.5. The summed E-state index contributed by atoms with van der Waals surface area (Å²) in [4.78, 5) is 2.04. The Bertz CT molecular complexity index is 423. The van der Waals surface area contributed by atoms with Crippen LogP contribution in [0.4, 0.5) is 18.9 Å². The molecule has 0 aliphatic carbocycles. The van der Waals surface area contributed by atoms with E-state index in [0.29, 0.717) is 6.61 Å². The standard InChI is InChI=1S/C13H19F3N2O2/c1-18(2)7-3-4-8-20-12-6-5-10(13(14,15)16)9-11(12)17-19/h5-6,9,17,19H,3-4,7-8H2,1-2H3. The zero-order chi connectivity index (χ0) is 15.2. The van der Waals surface area contributed by atoms with Gasteiger partial charge in [-0.05, 0) is 51.7 Å². The summed E-state index contributed by atoms with van der Waals surface area (Å²) in [7, 11) is 3.93. The molecule has 2 N–H and O–H groups in total. The number of hydrogen-bond acceptors (Lipinski definition) is 4. The van der Waals surface area contributed by atoms with Gasteiger partial charge in [0.25, 0.3) is 0 Å². The Balaban J connectivity index is 2.58. The van der Waals surface area contributed by atoms with Crippen LogP contribution >= 0.6 is 0 Å². The van der Waals surface area contributed by atoms with E-state index in [0.717, 1.165) is 31.5 Å². The highest BCUT2D eigenvalue weighted by Crippen LogP contribution is 2.34. The molecule has 7 heteroatoms. The molecule has 0 aromatic heterocycles. The van der Waals surface area contributed by atoms with Crippen LogP contribution in [0.5, 0.6) is 5.75 Å². The van der Waals surface area contributed by atoms with Crippen LogP contribution in [0, 0.1) is 0 Å². The zero-order valence-corrected chi connectivity index (χ0v) is 11.5. The van der Waals surface area contributed by atoms with Crippen LogP contribution in [0.2, 0.25) is 0 Å². The van der Waals surface area contributed by atoms with Crippen molar-refractivity contribution in [2.24, 2.45) is 0 Å². The highest BCUT2D eigenvalue weighted by atomic mass is 19.4. The first-order valence-corrected chi connectivity index (χ1v) is 6.23. The van der Waals surface area contributed by atoms with E-state index in [-0.39, 0.29) is 11.4 Å². The van der Waals surface area contributed by atoms with Gasteiger partial charge in [0, 0.05) is 0 Å². The molecular formula is C13H19F3N2O2. The van der Waals surface area contributed by atoms with Crippen LogP contribution in [-0.4, -0.2) is 37.4 Å². The quantitative estimate of drug-likeness (QED) is 0.598. The number of unbranched alkanes of at least 4 members (excludes halogenated alkanes) is 1. The Kier molecular flexibility index (Phi) is 6.09. The van der Waals surface area contributed by atoms with Crippen molar-refractivity contribution >= 4 is 5.69 Å². The Morgan fingerprint density at radius 1 is 1.25 bits per heavy atom. The van der Waals surface area contributed by atoms with Crippen molar-refractivity contribution in [3.8, 4) is 5.75 Å². The van der Waals surface area contributed by atoms with Crippen molar-refractivity contribution < 1.29 is 23.1 Å². The van der Waals surface area contributed by atoms with E-state index in [1.807, 2.05) is 19.0 Å². The second-order valence-electron chi connectivity index (χ2n) is 4.68. The van der Waals surface area contributed by atoms with E-state index in [9.17, 15) is 13.2 Å². The normalized spacial score (nSPS) is 11.8. The molecule has 20 heavy (non-hydrogen) atoms. The highest BCUT2D eigenvalue weighted by Gasteiger charge is 2.31. The first kappa shape index (κ1) is 16.6. The number of nitrogens with zero attached hydrogens (tertiary/aromatic N) is 1. The third kappa shape index (κ3) is 5.26. The van der Waals surface area contributed by atoms with Gasteiger partial charge in [-0.2, -0.15) is 13.2 Å². The van der Waals surface area contributed by atoms with Crippen molar-refractivity contribution in [1.29, 1.82) is 0 Å². The molecule has 0 radical (unpaired) electrons. The van der Waals surface area contributed by atoms with Gasteiger partial charge in [0.1, 0.15) is 11.4 Å². The summed E-state index contributed by atoms with van der Waals surface area (Å²) >= 11 is 0. The number of anilines is 1. The van der Waals surface area contributed by atoms with Gasteiger partial charge in [-0.25, -0.2) is 0 Å². The molecular weight excluding hydrogens is 273 g/mol. The van der Waals surface area contributed by atoms with Crippen molar-refractivity contribution in [2.75, 3.05) is 32.7 Å². The van der Waals surface area contributed by atoms with Gasteiger partial charge in [-0.1, -0.05) is 0 Å². The van der Waals surface area contributed by atoms with Crippen LogP contribution in [-0.2, 0) is 6.18 Å². The predicted octanol–water partition coefficient (Wildman–Crippen LogP) is 3.23. The van der Waals surface area contributed by atoms with Crippen molar-refractivity contribution in [2.45, 2.75) is 19.0 Å². The molecule has 0 heterocycles. The molecule has 1 aromatic rings. The number of hydrogen-bond donors (Lipinski definition) is 2. The summed E-state index contributed by atoms with van der Waals surface area (Å²) in [5, 5.41) is 8.88. The molecule has 4 nitrogen and oxygen atoms in total. The molecule has 0 fully saturated rings. The maximum Gasteiger partial charge on any atom is 0.416 e. The fourth-order valence-electron chi connectivity index (χ4n) is 1.63. The van der Waals surface area contributed by atoms with E-state index < -0.39 is 11.7 Å². The maximum atomic E-state index is 12.5. The lowest BCUT2D eigenvalue weighted by molar-refractivity contribution is -0.137. The van der Waals surface area contributed by atoms with Gasteiger partial charge >= 0.3 is 6.18 Å². The van der Waals surface area contributed by atoms with Crippen LogP contribution in [0.25, 0.3) is 0 Å². The average molecular weight is 292 g/mol. The van der Waals surface area contributed by atoms with E-state index in [1.54, 1.807) is 5.48 Å². The molecule has 0 unspecified atom stereocenters.